The molecule has 0 aliphatic rings. The van der Waals surface area contributed by atoms with E-state index in [4.69, 9.17) is 11.3 Å². The normalized spacial score (nSPS) is 11.3. The second-order valence-corrected chi connectivity index (χ2v) is 5.27. The van der Waals surface area contributed by atoms with Crippen LogP contribution in [0.15, 0.2) is 65.1 Å². The lowest BCUT2D eigenvalue weighted by atomic mass is 10.1. The van der Waals surface area contributed by atoms with E-state index < -0.39 is 0 Å². The molecule has 5 heteroatoms. The molecule has 0 atom stereocenters. The number of aromatic nitrogens is 1. The standard InChI is InChI=1S/C17H17N5/c1-12-3-2-4-13(9-12)11-22-8-7-14-10-15(5-6-16(14)22)17(18)20-21-19/h2-10H,11H2,1H3,(H3,18,19,20). The fourth-order valence-electron chi connectivity index (χ4n) is 2.61. The maximum absolute atomic E-state index is 7.77. The predicted octanol–water partition coefficient (Wildman–Crippen LogP) is 3.65. The van der Waals surface area contributed by atoms with E-state index in [0.29, 0.717) is 5.56 Å². The molecule has 0 fully saturated rings. The molecule has 5 nitrogen and oxygen atoms in total. The van der Waals surface area contributed by atoms with Crippen molar-refractivity contribution in [3.8, 4) is 0 Å². The fourth-order valence-corrected chi connectivity index (χ4v) is 2.61. The topological polar surface area (TPSA) is 79.5 Å². The van der Waals surface area contributed by atoms with Crippen molar-refractivity contribution in [3.63, 3.8) is 0 Å². The highest BCUT2D eigenvalue weighted by Crippen LogP contribution is 2.20. The second-order valence-electron chi connectivity index (χ2n) is 5.27. The average molecular weight is 291 g/mol. The summed E-state index contributed by atoms with van der Waals surface area (Å²) in [7, 11) is 0. The first kappa shape index (κ1) is 14.0. The molecule has 3 aromatic rings. The lowest BCUT2D eigenvalue weighted by Gasteiger charge is -2.07. The van der Waals surface area contributed by atoms with Gasteiger partial charge in [0, 0.05) is 29.2 Å². The van der Waals surface area contributed by atoms with E-state index in [1.807, 2.05) is 24.3 Å². The Hall–Kier alpha value is -2.95. The van der Waals surface area contributed by atoms with E-state index in [1.54, 1.807) is 0 Å². The highest BCUT2D eigenvalue weighted by Gasteiger charge is 2.06. The molecular weight excluding hydrogens is 274 g/mol. The van der Waals surface area contributed by atoms with Crippen molar-refractivity contribution >= 4 is 16.7 Å². The van der Waals surface area contributed by atoms with Gasteiger partial charge in [0.25, 0.3) is 0 Å². The zero-order chi connectivity index (χ0) is 15.5. The summed E-state index contributed by atoms with van der Waals surface area (Å²) in [5.41, 5.74) is 4.36. The minimum absolute atomic E-state index is 0.0656. The van der Waals surface area contributed by atoms with Crippen molar-refractivity contribution in [2.24, 2.45) is 16.2 Å². The Balaban J connectivity index is 1.94. The summed E-state index contributed by atoms with van der Waals surface area (Å²) in [6.45, 7) is 2.92. The van der Waals surface area contributed by atoms with E-state index in [-0.39, 0.29) is 5.84 Å². The Labute approximate surface area is 128 Å². The summed E-state index contributed by atoms with van der Waals surface area (Å²) >= 11 is 0. The summed E-state index contributed by atoms with van der Waals surface area (Å²) in [6.07, 6.45) is 2.06. The van der Waals surface area contributed by atoms with Gasteiger partial charge in [-0.15, -0.1) is 5.11 Å². The Bertz CT molecular complexity index is 860. The molecule has 0 radical (unpaired) electrons. The third-order valence-corrected chi connectivity index (χ3v) is 3.64. The molecule has 0 bridgehead atoms. The maximum atomic E-state index is 7.77. The number of aryl methyl sites for hydroxylation is 1. The van der Waals surface area contributed by atoms with Crippen LogP contribution in [0.5, 0.6) is 0 Å². The second kappa shape index (κ2) is 5.81. The van der Waals surface area contributed by atoms with Crippen LogP contribution in [0.2, 0.25) is 0 Å². The summed E-state index contributed by atoms with van der Waals surface area (Å²) in [5.74, 6) is 5.06. The van der Waals surface area contributed by atoms with Crippen LogP contribution in [0.4, 0.5) is 0 Å². The summed E-state index contributed by atoms with van der Waals surface area (Å²) in [6, 6.07) is 16.3. The highest BCUT2D eigenvalue weighted by atomic mass is 15.3. The zero-order valence-electron chi connectivity index (χ0n) is 12.3. The maximum Gasteiger partial charge on any atom is 0.176 e. The van der Waals surface area contributed by atoms with E-state index in [0.717, 1.165) is 17.4 Å². The minimum Gasteiger partial charge on any atom is -0.343 e. The van der Waals surface area contributed by atoms with E-state index in [9.17, 15) is 0 Å². The lowest BCUT2D eigenvalue weighted by Crippen LogP contribution is -1.99. The average Bonchev–Trinajstić information content (AvgIpc) is 2.90. The molecule has 1 aromatic heterocycles. The number of fused-ring (bicyclic) bond motifs is 1. The molecule has 0 unspecified atom stereocenters. The van der Waals surface area contributed by atoms with Crippen molar-refractivity contribution in [1.82, 2.24) is 4.57 Å². The van der Waals surface area contributed by atoms with Gasteiger partial charge in [0.2, 0.25) is 0 Å². The first-order valence-corrected chi connectivity index (χ1v) is 7.01. The highest BCUT2D eigenvalue weighted by molar-refractivity contribution is 6.00. The lowest BCUT2D eigenvalue weighted by molar-refractivity contribution is 0.836. The first-order valence-electron chi connectivity index (χ1n) is 7.01. The van der Waals surface area contributed by atoms with Crippen molar-refractivity contribution < 1.29 is 0 Å². The van der Waals surface area contributed by atoms with Gasteiger partial charge in [-0.3, -0.25) is 5.41 Å². The van der Waals surface area contributed by atoms with Crippen LogP contribution in [0.25, 0.3) is 10.9 Å². The molecule has 0 aliphatic carbocycles. The van der Waals surface area contributed by atoms with Crippen molar-refractivity contribution in [1.29, 1.82) is 5.41 Å². The molecule has 1 heterocycles. The van der Waals surface area contributed by atoms with Crippen molar-refractivity contribution in [2.75, 3.05) is 0 Å². The number of rotatable bonds is 3. The van der Waals surface area contributed by atoms with Gasteiger partial charge >= 0.3 is 0 Å². The number of benzene rings is 2. The smallest absolute Gasteiger partial charge is 0.176 e. The number of nitrogens with one attached hydrogen (secondary N) is 1. The number of amidine groups is 1. The Kier molecular flexibility index (Phi) is 3.70. The molecule has 0 saturated heterocycles. The molecule has 22 heavy (non-hydrogen) atoms. The molecule has 0 amide bonds. The third-order valence-electron chi connectivity index (χ3n) is 3.64. The van der Waals surface area contributed by atoms with E-state index in [1.165, 1.54) is 11.1 Å². The zero-order valence-corrected chi connectivity index (χ0v) is 12.3. The van der Waals surface area contributed by atoms with Gasteiger partial charge < -0.3 is 10.4 Å². The minimum atomic E-state index is 0.0656. The number of hydrogen-bond acceptors (Lipinski definition) is 2. The monoisotopic (exact) mass is 291 g/mol. The quantitative estimate of drug-likeness (QED) is 0.249. The van der Waals surface area contributed by atoms with Crippen molar-refractivity contribution in [3.05, 3.63) is 71.4 Å². The van der Waals surface area contributed by atoms with Gasteiger partial charge in [-0.2, -0.15) is 0 Å². The van der Waals surface area contributed by atoms with Crippen LogP contribution in [-0.4, -0.2) is 10.4 Å². The van der Waals surface area contributed by atoms with Crippen LogP contribution in [0, 0.1) is 12.3 Å². The van der Waals surface area contributed by atoms with E-state index >= 15 is 0 Å². The molecule has 0 aliphatic heterocycles. The van der Waals surface area contributed by atoms with Gasteiger partial charge in [0.05, 0.1) is 0 Å². The number of nitrogens with two attached hydrogens (primary N) is 1. The molecular formula is C17H17N5. The van der Waals surface area contributed by atoms with Gasteiger partial charge in [0.1, 0.15) is 0 Å². The van der Waals surface area contributed by atoms with Gasteiger partial charge in [0.15, 0.2) is 5.84 Å². The Morgan fingerprint density at radius 2 is 2.05 bits per heavy atom. The van der Waals surface area contributed by atoms with Crippen LogP contribution < -0.4 is 5.84 Å². The predicted molar refractivity (Wildman–Crippen MR) is 88.1 cm³/mol. The van der Waals surface area contributed by atoms with Crippen molar-refractivity contribution in [2.45, 2.75) is 13.5 Å². The van der Waals surface area contributed by atoms with Gasteiger partial charge in [-0.05, 0) is 36.8 Å². The fraction of sp³-hybridized carbons (Fsp3) is 0.118. The molecule has 110 valence electrons. The number of hydrogen-bond donors (Lipinski definition) is 2. The first-order chi connectivity index (χ1) is 10.7. The third kappa shape index (κ3) is 2.74. The molecule has 0 saturated carbocycles. The Morgan fingerprint density at radius 1 is 1.18 bits per heavy atom. The van der Waals surface area contributed by atoms with Crippen LogP contribution in [0.3, 0.4) is 0 Å². The van der Waals surface area contributed by atoms with Crippen LogP contribution in [0.1, 0.15) is 16.7 Å². The van der Waals surface area contributed by atoms with E-state index in [2.05, 4.69) is 52.3 Å². The summed E-state index contributed by atoms with van der Waals surface area (Å²) in [4.78, 5) is 0. The largest absolute Gasteiger partial charge is 0.343 e. The SMILES string of the molecule is Cc1cccc(Cn2ccc3cc(C(=N)N=NN)ccc32)c1. The molecule has 3 rings (SSSR count). The molecule has 0 spiro atoms. The summed E-state index contributed by atoms with van der Waals surface area (Å²) in [5, 5.41) is 15.6. The van der Waals surface area contributed by atoms with Gasteiger partial charge in [-0.25, -0.2) is 0 Å². The van der Waals surface area contributed by atoms with Crippen LogP contribution in [-0.2, 0) is 6.54 Å². The summed E-state index contributed by atoms with van der Waals surface area (Å²) < 4.78 is 2.20. The van der Waals surface area contributed by atoms with Gasteiger partial charge in [-0.1, -0.05) is 35.1 Å². The number of nitrogens with zero attached hydrogens (tertiary/aromatic N) is 3. The molecule has 2 aromatic carbocycles. The Morgan fingerprint density at radius 3 is 2.82 bits per heavy atom. The molecule has 3 N–H and O–H groups in total. The van der Waals surface area contributed by atoms with Crippen LogP contribution >= 0.6 is 0 Å².